The first-order chi connectivity index (χ1) is 8.30. The second kappa shape index (κ2) is 8.27. The molecule has 0 amide bonds. The van der Waals surface area contributed by atoms with E-state index < -0.39 is 0 Å². The summed E-state index contributed by atoms with van der Waals surface area (Å²) in [6.07, 6.45) is 0. The Morgan fingerprint density at radius 3 is 2.76 bits per heavy atom. The van der Waals surface area contributed by atoms with Crippen molar-refractivity contribution in [2.24, 2.45) is 0 Å². The molecule has 0 saturated heterocycles. The quantitative estimate of drug-likeness (QED) is 0.435. The van der Waals surface area contributed by atoms with Crippen molar-refractivity contribution in [3.63, 3.8) is 0 Å². The summed E-state index contributed by atoms with van der Waals surface area (Å²) in [4.78, 5) is 8.76. The van der Waals surface area contributed by atoms with E-state index in [2.05, 4.69) is 15.3 Å². The molecule has 6 heteroatoms. The highest BCUT2D eigenvalue weighted by atomic mass is 32.2. The predicted octanol–water partition coefficient (Wildman–Crippen LogP) is 1.79. The first kappa shape index (κ1) is 14.2. The lowest BCUT2D eigenvalue weighted by atomic mass is 10.5. The Bertz CT molecular complexity index is 312. The van der Waals surface area contributed by atoms with Gasteiger partial charge >= 0.3 is 0 Å². The number of aromatic nitrogens is 2. The van der Waals surface area contributed by atoms with Crippen LogP contribution in [0, 0.1) is 0 Å². The average Bonchev–Trinajstić information content (AvgIpc) is 2.30. The van der Waals surface area contributed by atoms with Crippen molar-refractivity contribution in [2.45, 2.75) is 18.6 Å². The van der Waals surface area contributed by atoms with Crippen molar-refractivity contribution in [2.75, 3.05) is 38.4 Å². The van der Waals surface area contributed by atoms with Gasteiger partial charge in [0.25, 0.3) is 0 Å². The standard InChI is InChI=1S/C11H19N3O2S/c1-4-12-9-7-11(17-6-5-15-2)14-10(13-9)8-16-3/h7H,4-6,8H2,1-3H3,(H,12,13,14). The van der Waals surface area contributed by atoms with Crippen molar-refractivity contribution >= 4 is 17.6 Å². The smallest absolute Gasteiger partial charge is 0.157 e. The van der Waals surface area contributed by atoms with E-state index in [-0.39, 0.29) is 0 Å². The Kier molecular flexibility index (Phi) is 6.91. The molecule has 0 aliphatic heterocycles. The van der Waals surface area contributed by atoms with Gasteiger partial charge in [0, 0.05) is 32.6 Å². The topological polar surface area (TPSA) is 56.3 Å². The summed E-state index contributed by atoms with van der Waals surface area (Å²) in [5.74, 6) is 2.42. The molecule has 0 spiro atoms. The predicted molar refractivity (Wildman–Crippen MR) is 69.5 cm³/mol. The lowest BCUT2D eigenvalue weighted by Gasteiger charge is -2.08. The molecule has 1 rings (SSSR count). The molecular weight excluding hydrogens is 238 g/mol. The van der Waals surface area contributed by atoms with Gasteiger partial charge in [0.1, 0.15) is 17.5 Å². The molecule has 1 heterocycles. The Balaban J connectivity index is 2.72. The molecule has 1 aromatic rings. The van der Waals surface area contributed by atoms with Gasteiger partial charge in [0.05, 0.1) is 6.61 Å². The third-order valence-corrected chi connectivity index (χ3v) is 2.79. The Morgan fingerprint density at radius 2 is 2.12 bits per heavy atom. The van der Waals surface area contributed by atoms with Gasteiger partial charge in [-0.1, -0.05) is 0 Å². The molecule has 96 valence electrons. The van der Waals surface area contributed by atoms with E-state index in [0.717, 1.165) is 23.1 Å². The highest BCUT2D eigenvalue weighted by Crippen LogP contribution is 2.18. The summed E-state index contributed by atoms with van der Waals surface area (Å²) >= 11 is 1.65. The van der Waals surface area contributed by atoms with Crippen LogP contribution in [-0.4, -0.2) is 43.1 Å². The fourth-order valence-corrected chi connectivity index (χ4v) is 2.07. The van der Waals surface area contributed by atoms with Crippen LogP contribution in [0.3, 0.4) is 0 Å². The molecule has 0 fully saturated rings. The fourth-order valence-electron chi connectivity index (χ4n) is 1.24. The number of methoxy groups -OCH3 is 2. The zero-order chi connectivity index (χ0) is 12.5. The van der Waals surface area contributed by atoms with Gasteiger partial charge in [-0.15, -0.1) is 11.8 Å². The molecule has 0 aliphatic carbocycles. The second-order valence-electron chi connectivity index (χ2n) is 3.31. The number of nitrogens with zero attached hydrogens (tertiary/aromatic N) is 2. The van der Waals surface area contributed by atoms with E-state index in [0.29, 0.717) is 19.0 Å². The van der Waals surface area contributed by atoms with Crippen molar-refractivity contribution in [1.29, 1.82) is 0 Å². The molecule has 1 N–H and O–H groups in total. The Hall–Kier alpha value is -0.850. The van der Waals surface area contributed by atoms with E-state index in [1.165, 1.54) is 0 Å². The van der Waals surface area contributed by atoms with Crippen molar-refractivity contribution in [3.05, 3.63) is 11.9 Å². The highest BCUT2D eigenvalue weighted by molar-refractivity contribution is 7.99. The highest BCUT2D eigenvalue weighted by Gasteiger charge is 2.04. The lowest BCUT2D eigenvalue weighted by Crippen LogP contribution is -2.05. The molecule has 17 heavy (non-hydrogen) atoms. The van der Waals surface area contributed by atoms with Crippen LogP contribution in [0.15, 0.2) is 11.1 Å². The second-order valence-corrected chi connectivity index (χ2v) is 4.43. The maximum absolute atomic E-state index is 5.05. The van der Waals surface area contributed by atoms with Crippen LogP contribution in [0.1, 0.15) is 12.7 Å². The molecule has 0 atom stereocenters. The SMILES string of the molecule is CCNc1cc(SCCOC)nc(COC)n1. The van der Waals surface area contributed by atoms with Crippen LogP contribution < -0.4 is 5.32 Å². The molecule has 5 nitrogen and oxygen atoms in total. The summed E-state index contributed by atoms with van der Waals surface area (Å²) in [7, 11) is 3.34. The number of nitrogens with one attached hydrogen (secondary N) is 1. The van der Waals surface area contributed by atoms with Gasteiger partial charge in [0.2, 0.25) is 0 Å². The number of thioether (sulfide) groups is 1. The van der Waals surface area contributed by atoms with Crippen molar-refractivity contribution in [3.8, 4) is 0 Å². The molecule has 0 radical (unpaired) electrons. The number of hydrogen-bond donors (Lipinski definition) is 1. The van der Waals surface area contributed by atoms with E-state index >= 15 is 0 Å². The Morgan fingerprint density at radius 1 is 1.29 bits per heavy atom. The largest absolute Gasteiger partial charge is 0.384 e. The molecule has 0 bridgehead atoms. The van der Waals surface area contributed by atoms with Crippen LogP contribution in [0.5, 0.6) is 0 Å². The lowest BCUT2D eigenvalue weighted by molar-refractivity contribution is 0.177. The summed E-state index contributed by atoms with van der Waals surface area (Å²) in [5, 5.41) is 4.13. The minimum atomic E-state index is 0.428. The zero-order valence-corrected chi connectivity index (χ0v) is 11.3. The van der Waals surface area contributed by atoms with Gasteiger partial charge in [0.15, 0.2) is 5.82 Å². The summed E-state index contributed by atoms with van der Waals surface area (Å²) < 4.78 is 10.1. The first-order valence-corrected chi connectivity index (χ1v) is 6.51. The Labute approximate surface area is 106 Å². The molecule has 0 aliphatic rings. The third-order valence-electron chi connectivity index (χ3n) is 1.92. The molecule has 1 aromatic heterocycles. The van der Waals surface area contributed by atoms with E-state index in [9.17, 15) is 0 Å². The summed E-state index contributed by atoms with van der Waals surface area (Å²) in [6.45, 7) is 4.02. The summed E-state index contributed by atoms with van der Waals surface area (Å²) in [5.41, 5.74) is 0. The first-order valence-electron chi connectivity index (χ1n) is 5.52. The van der Waals surface area contributed by atoms with Crippen LogP contribution in [-0.2, 0) is 16.1 Å². The average molecular weight is 257 g/mol. The van der Waals surface area contributed by atoms with Gasteiger partial charge in [-0.3, -0.25) is 0 Å². The molecule has 0 unspecified atom stereocenters. The number of hydrogen-bond acceptors (Lipinski definition) is 6. The molecular formula is C11H19N3O2S. The van der Waals surface area contributed by atoms with Crippen molar-refractivity contribution < 1.29 is 9.47 Å². The number of ether oxygens (including phenoxy) is 2. The third kappa shape index (κ3) is 5.34. The summed E-state index contributed by atoms with van der Waals surface area (Å²) in [6, 6.07) is 1.95. The van der Waals surface area contributed by atoms with E-state index in [1.54, 1.807) is 26.0 Å². The van der Waals surface area contributed by atoms with Crippen LogP contribution in [0.4, 0.5) is 5.82 Å². The monoisotopic (exact) mass is 257 g/mol. The van der Waals surface area contributed by atoms with Crippen LogP contribution in [0.2, 0.25) is 0 Å². The zero-order valence-electron chi connectivity index (χ0n) is 10.5. The fraction of sp³-hybridized carbons (Fsp3) is 0.636. The van der Waals surface area contributed by atoms with E-state index in [1.807, 2.05) is 13.0 Å². The minimum absolute atomic E-state index is 0.428. The van der Waals surface area contributed by atoms with Crippen molar-refractivity contribution in [1.82, 2.24) is 9.97 Å². The van der Waals surface area contributed by atoms with E-state index in [4.69, 9.17) is 9.47 Å². The van der Waals surface area contributed by atoms with Crippen LogP contribution in [0.25, 0.3) is 0 Å². The van der Waals surface area contributed by atoms with Gasteiger partial charge in [-0.05, 0) is 6.92 Å². The molecule has 0 saturated carbocycles. The van der Waals surface area contributed by atoms with Crippen LogP contribution >= 0.6 is 11.8 Å². The van der Waals surface area contributed by atoms with Gasteiger partial charge in [-0.25, -0.2) is 9.97 Å². The normalized spacial score (nSPS) is 10.5. The minimum Gasteiger partial charge on any atom is -0.384 e. The van der Waals surface area contributed by atoms with Gasteiger partial charge in [-0.2, -0.15) is 0 Å². The maximum Gasteiger partial charge on any atom is 0.157 e. The maximum atomic E-state index is 5.05. The number of rotatable bonds is 8. The molecule has 0 aromatic carbocycles. The van der Waals surface area contributed by atoms with Gasteiger partial charge < -0.3 is 14.8 Å². The number of anilines is 1.